The average molecular weight is 251 g/mol. The van der Waals surface area contributed by atoms with Crippen LogP contribution in [0.4, 0.5) is 0 Å². The molecule has 5 nitrogen and oxygen atoms in total. The lowest BCUT2D eigenvalue weighted by Gasteiger charge is -2.38. The van der Waals surface area contributed by atoms with Crippen molar-refractivity contribution in [2.75, 3.05) is 33.9 Å². The number of carbonyl (C=O) groups is 1. The quantitative estimate of drug-likeness (QED) is 0.858. The fourth-order valence-electron chi connectivity index (χ4n) is 2.00. The van der Waals surface area contributed by atoms with Crippen molar-refractivity contribution in [1.29, 1.82) is 0 Å². The first-order valence-electron chi connectivity index (χ1n) is 5.81. The molecule has 2 rings (SSSR count). The number of hydrogen-bond acceptors (Lipinski definition) is 4. The van der Waals surface area contributed by atoms with Crippen LogP contribution in [0.2, 0.25) is 0 Å². The van der Waals surface area contributed by atoms with Crippen molar-refractivity contribution >= 4 is 5.91 Å². The van der Waals surface area contributed by atoms with Crippen LogP contribution in [-0.2, 0) is 0 Å². The van der Waals surface area contributed by atoms with Gasteiger partial charge in [0.25, 0.3) is 5.91 Å². The standard InChI is InChI=1S/C13H17NO4/c1-17-10-3-4-11(12(5-10)18-2)13(16)14-6-9(7-14)8-15/h3-5,9,15H,6-8H2,1-2H3. The SMILES string of the molecule is COc1ccc(C(=O)N2CC(CO)C2)c(OC)c1. The predicted octanol–water partition coefficient (Wildman–Crippen LogP) is 0.768. The molecule has 1 aromatic rings. The molecule has 5 heteroatoms. The van der Waals surface area contributed by atoms with E-state index in [9.17, 15) is 4.79 Å². The highest BCUT2D eigenvalue weighted by molar-refractivity contribution is 5.97. The summed E-state index contributed by atoms with van der Waals surface area (Å²) in [7, 11) is 3.09. The molecule has 0 aromatic heterocycles. The molecule has 0 spiro atoms. The van der Waals surface area contributed by atoms with Crippen LogP contribution in [0, 0.1) is 5.92 Å². The molecule has 0 radical (unpaired) electrons. The first-order chi connectivity index (χ1) is 8.69. The van der Waals surface area contributed by atoms with Crippen LogP contribution >= 0.6 is 0 Å². The van der Waals surface area contributed by atoms with E-state index in [-0.39, 0.29) is 18.4 Å². The zero-order valence-electron chi connectivity index (χ0n) is 10.5. The van der Waals surface area contributed by atoms with Crippen LogP contribution < -0.4 is 9.47 Å². The summed E-state index contributed by atoms with van der Waals surface area (Å²) in [6, 6.07) is 5.13. The number of nitrogens with zero attached hydrogens (tertiary/aromatic N) is 1. The third-order valence-electron chi connectivity index (χ3n) is 3.14. The maximum atomic E-state index is 12.2. The molecule has 0 aliphatic carbocycles. The molecule has 1 aliphatic heterocycles. The molecule has 0 bridgehead atoms. The Kier molecular flexibility index (Phi) is 3.72. The summed E-state index contributed by atoms with van der Waals surface area (Å²) in [6.07, 6.45) is 0. The number of likely N-dealkylation sites (tertiary alicyclic amines) is 1. The zero-order chi connectivity index (χ0) is 13.1. The second kappa shape index (κ2) is 5.27. The third-order valence-corrected chi connectivity index (χ3v) is 3.14. The highest BCUT2D eigenvalue weighted by Gasteiger charge is 2.31. The van der Waals surface area contributed by atoms with Gasteiger partial charge in [-0.3, -0.25) is 4.79 Å². The number of hydrogen-bond donors (Lipinski definition) is 1. The highest BCUT2D eigenvalue weighted by atomic mass is 16.5. The fourth-order valence-corrected chi connectivity index (χ4v) is 2.00. The maximum absolute atomic E-state index is 12.2. The third kappa shape index (κ3) is 2.26. The number of benzene rings is 1. The molecule has 0 saturated carbocycles. The van der Waals surface area contributed by atoms with Gasteiger partial charge in [0.1, 0.15) is 11.5 Å². The van der Waals surface area contributed by atoms with Gasteiger partial charge < -0.3 is 19.5 Å². The van der Waals surface area contributed by atoms with Crippen LogP contribution in [-0.4, -0.2) is 49.8 Å². The Morgan fingerprint density at radius 2 is 2.11 bits per heavy atom. The van der Waals surface area contributed by atoms with Gasteiger partial charge in [0.2, 0.25) is 0 Å². The van der Waals surface area contributed by atoms with Crippen molar-refractivity contribution < 1.29 is 19.4 Å². The highest BCUT2D eigenvalue weighted by Crippen LogP contribution is 2.27. The van der Waals surface area contributed by atoms with Gasteiger partial charge in [0.15, 0.2) is 0 Å². The number of methoxy groups -OCH3 is 2. The number of ether oxygens (including phenoxy) is 2. The van der Waals surface area contributed by atoms with Gasteiger partial charge in [-0.15, -0.1) is 0 Å². The van der Waals surface area contributed by atoms with Gasteiger partial charge >= 0.3 is 0 Å². The Morgan fingerprint density at radius 1 is 1.39 bits per heavy atom. The van der Waals surface area contributed by atoms with E-state index in [1.807, 2.05) is 0 Å². The van der Waals surface area contributed by atoms with Crippen molar-refractivity contribution in [3.8, 4) is 11.5 Å². The lowest BCUT2D eigenvalue weighted by molar-refractivity contribution is 0.0359. The van der Waals surface area contributed by atoms with Gasteiger partial charge in [0, 0.05) is 31.7 Å². The number of aliphatic hydroxyl groups is 1. The van der Waals surface area contributed by atoms with E-state index in [4.69, 9.17) is 14.6 Å². The van der Waals surface area contributed by atoms with Gasteiger partial charge in [-0.1, -0.05) is 0 Å². The summed E-state index contributed by atoms with van der Waals surface area (Å²) in [6.45, 7) is 1.33. The maximum Gasteiger partial charge on any atom is 0.257 e. The molecule has 18 heavy (non-hydrogen) atoms. The van der Waals surface area contributed by atoms with Crippen molar-refractivity contribution in [1.82, 2.24) is 4.90 Å². The number of carbonyl (C=O) groups excluding carboxylic acids is 1. The van der Waals surface area contributed by atoms with Crippen LogP contribution in [0.5, 0.6) is 11.5 Å². The summed E-state index contributed by atoms with van der Waals surface area (Å²) in [5, 5.41) is 8.95. The average Bonchev–Trinajstić information content (AvgIpc) is 2.36. The second-order valence-electron chi connectivity index (χ2n) is 4.32. The van der Waals surface area contributed by atoms with Crippen LogP contribution in [0.15, 0.2) is 18.2 Å². The van der Waals surface area contributed by atoms with Gasteiger partial charge in [-0.25, -0.2) is 0 Å². The number of amides is 1. The predicted molar refractivity (Wildman–Crippen MR) is 66.0 cm³/mol. The summed E-state index contributed by atoms with van der Waals surface area (Å²) in [5.74, 6) is 1.30. The molecule has 0 atom stereocenters. The lowest BCUT2D eigenvalue weighted by Crippen LogP contribution is -2.51. The van der Waals surface area contributed by atoms with Crippen molar-refractivity contribution in [2.45, 2.75) is 0 Å². The monoisotopic (exact) mass is 251 g/mol. The molecule has 1 aliphatic rings. The Labute approximate surface area is 106 Å². The Bertz CT molecular complexity index is 441. The molecule has 1 fully saturated rings. The molecule has 1 heterocycles. The topological polar surface area (TPSA) is 59.0 Å². The molecule has 0 unspecified atom stereocenters. The summed E-state index contributed by atoms with van der Waals surface area (Å²) in [5.41, 5.74) is 0.523. The van der Waals surface area contributed by atoms with Crippen molar-refractivity contribution in [3.63, 3.8) is 0 Å². The van der Waals surface area contributed by atoms with E-state index in [1.165, 1.54) is 7.11 Å². The van der Waals surface area contributed by atoms with Crippen LogP contribution in [0.1, 0.15) is 10.4 Å². The van der Waals surface area contributed by atoms with Crippen molar-refractivity contribution in [3.05, 3.63) is 23.8 Å². The van der Waals surface area contributed by atoms with E-state index in [1.54, 1.807) is 30.2 Å². The van der Waals surface area contributed by atoms with E-state index in [2.05, 4.69) is 0 Å². The van der Waals surface area contributed by atoms with E-state index in [0.29, 0.717) is 30.2 Å². The minimum Gasteiger partial charge on any atom is -0.497 e. The fraction of sp³-hybridized carbons (Fsp3) is 0.462. The van der Waals surface area contributed by atoms with E-state index < -0.39 is 0 Å². The molecular weight excluding hydrogens is 234 g/mol. The van der Waals surface area contributed by atoms with E-state index >= 15 is 0 Å². The normalized spacial score (nSPS) is 15.2. The second-order valence-corrected chi connectivity index (χ2v) is 4.32. The van der Waals surface area contributed by atoms with E-state index in [0.717, 1.165) is 0 Å². The molecule has 1 saturated heterocycles. The molecule has 98 valence electrons. The number of aliphatic hydroxyl groups excluding tert-OH is 1. The lowest BCUT2D eigenvalue weighted by atomic mass is 9.99. The van der Waals surface area contributed by atoms with Crippen LogP contribution in [0.3, 0.4) is 0 Å². The van der Waals surface area contributed by atoms with Gasteiger partial charge in [-0.05, 0) is 12.1 Å². The molecule has 1 N–H and O–H groups in total. The van der Waals surface area contributed by atoms with Gasteiger partial charge in [0.05, 0.1) is 19.8 Å². The molecular formula is C13H17NO4. The van der Waals surface area contributed by atoms with Crippen LogP contribution in [0.25, 0.3) is 0 Å². The summed E-state index contributed by atoms with van der Waals surface area (Å²) < 4.78 is 10.3. The summed E-state index contributed by atoms with van der Waals surface area (Å²) in [4.78, 5) is 13.9. The Hall–Kier alpha value is -1.75. The minimum atomic E-state index is -0.0702. The summed E-state index contributed by atoms with van der Waals surface area (Å²) >= 11 is 0. The van der Waals surface area contributed by atoms with Gasteiger partial charge in [-0.2, -0.15) is 0 Å². The first kappa shape index (κ1) is 12.7. The number of rotatable bonds is 4. The zero-order valence-corrected chi connectivity index (χ0v) is 10.5. The first-order valence-corrected chi connectivity index (χ1v) is 5.81. The smallest absolute Gasteiger partial charge is 0.257 e. The molecule has 1 aromatic carbocycles. The Morgan fingerprint density at radius 3 is 2.67 bits per heavy atom. The van der Waals surface area contributed by atoms with Crippen molar-refractivity contribution in [2.24, 2.45) is 5.92 Å². The Balaban J connectivity index is 2.15. The largest absolute Gasteiger partial charge is 0.497 e. The molecule has 1 amide bonds. The minimum absolute atomic E-state index is 0.0702.